The maximum Gasteiger partial charge on any atom is 0.318 e. The van der Waals surface area contributed by atoms with Crippen LogP contribution in [0.2, 0.25) is 0 Å². The minimum absolute atomic E-state index is 0.0832. The van der Waals surface area contributed by atoms with E-state index >= 15 is 0 Å². The summed E-state index contributed by atoms with van der Waals surface area (Å²) in [6.45, 7) is 2.21. The number of carbonyl (C=O) groups is 2. The molecule has 4 saturated carbocycles. The molecule has 3 amide bonds. The Morgan fingerprint density at radius 1 is 0.917 bits per heavy atom. The smallest absolute Gasteiger partial charge is 0.318 e. The first-order valence-electron chi connectivity index (χ1n) is 10.0. The molecule has 4 fully saturated rings. The molecule has 4 aliphatic carbocycles. The first kappa shape index (κ1) is 16.2. The van der Waals surface area contributed by atoms with E-state index in [4.69, 9.17) is 0 Å². The van der Waals surface area contributed by atoms with E-state index in [2.05, 4.69) is 22.5 Å². The van der Waals surface area contributed by atoms with Crippen molar-refractivity contribution in [1.29, 1.82) is 0 Å². The first-order chi connectivity index (χ1) is 11.6. The fourth-order valence-corrected chi connectivity index (χ4v) is 4.20. The summed E-state index contributed by atoms with van der Waals surface area (Å²) < 4.78 is 0. The van der Waals surface area contributed by atoms with E-state index in [1.54, 1.807) is 0 Å². The largest absolute Gasteiger partial charge is 0.353 e. The van der Waals surface area contributed by atoms with E-state index in [0.717, 1.165) is 51.4 Å². The van der Waals surface area contributed by atoms with Gasteiger partial charge in [-0.3, -0.25) is 4.79 Å². The molecule has 134 valence electrons. The maximum absolute atomic E-state index is 12.8. The molecule has 0 heterocycles. The highest BCUT2D eigenvalue weighted by atomic mass is 16.2. The van der Waals surface area contributed by atoms with E-state index in [0.29, 0.717) is 24.0 Å². The van der Waals surface area contributed by atoms with Crippen molar-refractivity contribution in [3.63, 3.8) is 0 Å². The Labute approximate surface area is 144 Å². The van der Waals surface area contributed by atoms with Gasteiger partial charge in [-0.2, -0.15) is 0 Å². The number of hydrogen-bond donors (Lipinski definition) is 2. The predicted molar refractivity (Wildman–Crippen MR) is 92.5 cm³/mol. The lowest BCUT2D eigenvalue weighted by molar-refractivity contribution is -0.126. The Bertz CT molecular complexity index is 497. The molecule has 2 N–H and O–H groups in total. The van der Waals surface area contributed by atoms with Gasteiger partial charge in [0.2, 0.25) is 5.91 Å². The summed E-state index contributed by atoms with van der Waals surface area (Å²) in [4.78, 5) is 27.3. The van der Waals surface area contributed by atoms with Crippen LogP contribution in [0, 0.1) is 11.8 Å². The van der Waals surface area contributed by atoms with Crippen molar-refractivity contribution in [2.24, 2.45) is 11.8 Å². The van der Waals surface area contributed by atoms with Gasteiger partial charge in [-0.05, 0) is 70.6 Å². The maximum atomic E-state index is 12.8. The van der Waals surface area contributed by atoms with Crippen molar-refractivity contribution in [3.8, 4) is 0 Å². The molecule has 0 aromatic heterocycles. The number of amides is 3. The average molecular weight is 333 g/mol. The molecular weight excluding hydrogens is 302 g/mol. The van der Waals surface area contributed by atoms with Crippen LogP contribution in [-0.4, -0.2) is 41.0 Å². The highest BCUT2D eigenvalue weighted by molar-refractivity contribution is 5.80. The summed E-state index contributed by atoms with van der Waals surface area (Å²) in [6, 6.07) is 1.53. The monoisotopic (exact) mass is 333 g/mol. The molecule has 5 heteroatoms. The summed E-state index contributed by atoms with van der Waals surface area (Å²) >= 11 is 0. The van der Waals surface area contributed by atoms with Crippen molar-refractivity contribution in [3.05, 3.63) is 0 Å². The normalized spacial score (nSPS) is 31.2. The molecular formula is C19H31N3O2. The molecule has 4 rings (SSSR count). The second kappa shape index (κ2) is 6.57. The van der Waals surface area contributed by atoms with Gasteiger partial charge in [-0.25, -0.2) is 4.79 Å². The van der Waals surface area contributed by atoms with Gasteiger partial charge in [0.1, 0.15) is 0 Å². The van der Waals surface area contributed by atoms with Crippen LogP contribution in [0.15, 0.2) is 0 Å². The van der Waals surface area contributed by atoms with Gasteiger partial charge in [0.05, 0.1) is 0 Å². The molecule has 5 nitrogen and oxygen atoms in total. The quantitative estimate of drug-likeness (QED) is 0.785. The second-order valence-corrected chi connectivity index (χ2v) is 8.51. The molecule has 0 spiro atoms. The van der Waals surface area contributed by atoms with Crippen LogP contribution < -0.4 is 10.6 Å². The second-order valence-electron chi connectivity index (χ2n) is 8.51. The zero-order chi connectivity index (χ0) is 16.7. The molecule has 0 aromatic rings. The van der Waals surface area contributed by atoms with Gasteiger partial charge in [0, 0.05) is 30.1 Å². The van der Waals surface area contributed by atoms with Crippen LogP contribution in [0.25, 0.3) is 0 Å². The predicted octanol–water partition coefficient (Wildman–Crippen LogP) is 2.80. The summed E-state index contributed by atoms with van der Waals surface area (Å²) in [6.07, 6.45) is 10.9. The topological polar surface area (TPSA) is 61.4 Å². The van der Waals surface area contributed by atoms with Crippen molar-refractivity contribution in [1.82, 2.24) is 15.5 Å². The summed E-state index contributed by atoms with van der Waals surface area (Å²) in [5, 5.41) is 6.39. The highest BCUT2D eigenvalue weighted by Crippen LogP contribution is 2.40. The zero-order valence-corrected chi connectivity index (χ0v) is 14.8. The van der Waals surface area contributed by atoms with Crippen LogP contribution in [-0.2, 0) is 4.79 Å². The fourth-order valence-electron chi connectivity index (χ4n) is 4.20. The minimum Gasteiger partial charge on any atom is -0.353 e. The molecule has 4 aliphatic rings. The van der Waals surface area contributed by atoms with Crippen LogP contribution in [0.3, 0.4) is 0 Å². The summed E-state index contributed by atoms with van der Waals surface area (Å²) in [5.74, 6) is 1.00. The molecule has 0 aliphatic heterocycles. The molecule has 24 heavy (non-hydrogen) atoms. The third-order valence-corrected chi connectivity index (χ3v) is 6.21. The van der Waals surface area contributed by atoms with E-state index in [1.807, 2.05) is 0 Å². The number of nitrogens with zero attached hydrogens (tertiary/aromatic N) is 1. The molecule has 0 unspecified atom stereocenters. The summed E-state index contributed by atoms with van der Waals surface area (Å²) in [7, 11) is 0. The van der Waals surface area contributed by atoms with Crippen LogP contribution in [0.4, 0.5) is 4.79 Å². The third kappa shape index (κ3) is 3.86. The standard InChI is InChI=1S/C19H31N3O2/c1-12(13-5-6-13)22(17-9-10-17)19(24)21-16-4-2-3-14(11-16)18(23)20-15-7-8-15/h12-17H,2-11H2,1H3,(H,20,23)(H,21,24)/t12-,14+,16+/m1/s1. The summed E-state index contributed by atoms with van der Waals surface area (Å²) in [5.41, 5.74) is 0. The fraction of sp³-hybridized carbons (Fsp3) is 0.895. The lowest BCUT2D eigenvalue weighted by atomic mass is 9.85. The van der Waals surface area contributed by atoms with Gasteiger partial charge in [-0.15, -0.1) is 0 Å². The Morgan fingerprint density at radius 3 is 2.29 bits per heavy atom. The lowest BCUT2D eigenvalue weighted by Crippen LogP contribution is -2.51. The number of nitrogens with one attached hydrogen (secondary N) is 2. The van der Waals surface area contributed by atoms with E-state index < -0.39 is 0 Å². The van der Waals surface area contributed by atoms with Gasteiger partial charge in [-0.1, -0.05) is 6.42 Å². The Balaban J connectivity index is 1.31. The van der Waals surface area contributed by atoms with Crippen molar-refractivity contribution in [2.75, 3.05) is 0 Å². The van der Waals surface area contributed by atoms with Crippen LogP contribution in [0.5, 0.6) is 0 Å². The number of rotatable bonds is 6. The Kier molecular flexibility index (Phi) is 4.44. The van der Waals surface area contributed by atoms with Crippen LogP contribution >= 0.6 is 0 Å². The average Bonchev–Trinajstić information content (AvgIpc) is 3.39. The number of urea groups is 1. The van der Waals surface area contributed by atoms with Gasteiger partial charge in [0.25, 0.3) is 0 Å². The van der Waals surface area contributed by atoms with E-state index in [1.165, 1.54) is 12.8 Å². The van der Waals surface area contributed by atoms with Gasteiger partial charge < -0.3 is 15.5 Å². The van der Waals surface area contributed by atoms with Gasteiger partial charge >= 0.3 is 6.03 Å². The number of carbonyl (C=O) groups excluding carboxylic acids is 2. The highest BCUT2D eigenvalue weighted by Gasteiger charge is 2.42. The third-order valence-electron chi connectivity index (χ3n) is 6.21. The lowest BCUT2D eigenvalue weighted by Gasteiger charge is -2.34. The van der Waals surface area contributed by atoms with Gasteiger partial charge in [0.15, 0.2) is 0 Å². The molecule has 0 bridgehead atoms. The first-order valence-corrected chi connectivity index (χ1v) is 10.0. The Hall–Kier alpha value is -1.26. The number of hydrogen-bond acceptors (Lipinski definition) is 2. The van der Waals surface area contributed by atoms with Crippen molar-refractivity contribution >= 4 is 11.9 Å². The van der Waals surface area contributed by atoms with Crippen molar-refractivity contribution < 1.29 is 9.59 Å². The molecule has 3 atom stereocenters. The Morgan fingerprint density at radius 2 is 1.67 bits per heavy atom. The van der Waals surface area contributed by atoms with E-state index in [9.17, 15) is 9.59 Å². The molecule has 0 aromatic carbocycles. The van der Waals surface area contributed by atoms with Crippen molar-refractivity contribution in [2.45, 2.75) is 95.3 Å². The van der Waals surface area contributed by atoms with Crippen LogP contribution in [0.1, 0.15) is 71.1 Å². The zero-order valence-electron chi connectivity index (χ0n) is 14.8. The molecule has 0 radical (unpaired) electrons. The molecule has 0 saturated heterocycles. The minimum atomic E-state index is 0.0832. The van der Waals surface area contributed by atoms with E-state index in [-0.39, 0.29) is 23.9 Å². The SMILES string of the molecule is C[C@H](C1CC1)N(C(=O)N[C@H]1CCC[C@H](C(=O)NC2CC2)C1)C1CC1.